The minimum Gasteiger partial charge on any atom is -0.508 e. The highest BCUT2D eigenvalue weighted by Crippen LogP contribution is 2.53. The average molecular weight is 958 g/mol. The van der Waals surface area contributed by atoms with Gasteiger partial charge in [-0.15, -0.1) is 0 Å². The molecule has 5 aromatic rings. The Morgan fingerprint density at radius 3 is 1.91 bits per heavy atom. The zero-order valence-corrected chi connectivity index (χ0v) is 38.5. The number of imide groups is 1. The molecule has 8 rings (SSSR count). The van der Waals surface area contributed by atoms with E-state index < -0.39 is 85.3 Å². The van der Waals surface area contributed by atoms with Gasteiger partial charge >= 0.3 is 19.5 Å². The Morgan fingerprint density at radius 2 is 1.37 bits per heavy atom. The molecule has 0 aromatic heterocycles. The van der Waals surface area contributed by atoms with Crippen LogP contribution in [0, 0.1) is 17.8 Å². The second-order valence-electron chi connectivity index (χ2n) is 18.3. The lowest BCUT2D eigenvalue weighted by atomic mass is 9.58. The van der Waals surface area contributed by atoms with Crippen LogP contribution >= 0.6 is 11.6 Å². The highest BCUT2D eigenvalue weighted by Gasteiger charge is 2.59. The quantitative estimate of drug-likeness (QED) is 0.0450. The van der Waals surface area contributed by atoms with Crippen molar-refractivity contribution < 1.29 is 55.1 Å². The predicted octanol–water partition coefficient (Wildman–Crippen LogP) is 11.0. The number of nitrogens with zero attached hydrogens (tertiary/aromatic N) is 1. The molecule has 2 N–H and O–H groups in total. The molecule has 5 aromatic carbocycles. The lowest BCUT2D eigenvalue weighted by Crippen LogP contribution is -2.66. The maximum Gasteiger partial charge on any atom is 0.455 e. The van der Waals surface area contributed by atoms with Gasteiger partial charge in [0.15, 0.2) is 0 Å². The summed E-state index contributed by atoms with van der Waals surface area (Å²) in [5, 5.41) is 23.3. The lowest BCUT2D eigenvalue weighted by molar-refractivity contribution is -0.143. The van der Waals surface area contributed by atoms with Crippen LogP contribution in [0.4, 0.5) is 32.0 Å². The van der Waals surface area contributed by atoms with Crippen molar-refractivity contribution in [2.24, 2.45) is 17.8 Å². The molecule has 2 aliphatic heterocycles. The van der Waals surface area contributed by atoms with Crippen molar-refractivity contribution in [3.63, 3.8) is 0 Å². The smallest absolute Gasteiger partial charge is 0.455 e. The number of phenolic OH excluding ortho intramolecular Hbond substituents is 1. The largest absolute Gasteiger partial charge is 0.508 e. The van der Waals surface area contributed by atoms with Gasteiger partial charge < -0.3 is 19.2 Å². The molecule has 4 atom stereocenters. The molecular weight excluding hydrogens is 911 g/mol. The van der Waals surface area contributed by atoms with Crippen LogP contribution in [0.2, 0.25) is 16.4 Å². The zero-order valence-electron chi connectivity index (χ0n) is 36.7. The van der Waals surface area contributed by atoms with Gasteiger partial charge in [0, 0.05) is 0 Å². The summed E-state index contributed by atoms with van der Waals surface area (Å²) in [7, 11) is -4.73. The standard InChI is InChI=1S/C51H47BClF6NO6Si/c1-49(2,3)67(39-15-9-5-10-16-39,40-17-11-6-12-18-40)65-30-34-24-41-46(48(63)60(47(41)62)37-26-35(50(54,55)56)25-36(27-37)51(57,58)59)42-29-52(64)66-44(45(34)42)22-20-32(31-13-7-4-8-14-31)23-33-19-21-38(61)28-43(33)53/h4-19,21,23,25-28,41-42,44,46,61,64H,20,22,24,29-30H2,1-3H3/b32-23-/t41-,42+,44-,46-/m1/s1. The fourth-order valence-corrected chi connectivity index (χ4v) is 15.0. The van der Waals surface area contributed by atoms with Gasteiger partial charge in [0.2, 0.25) is 11.8 Å². The first-order chi connectivity index (χ1) is 31.7. The maximum absolute atomic E-state index is 14.7. The summed E-state index contributed by atoms with van der Waals surface area (Å²) in [4.78, 5) is 29.8. The topological polar surface area (TPSA) is 96.3 Å². The Labute approximate surface area is 391 Å². The first-order valence-electron chi connectivity index (χ1n) is 21.9. The number of hydrogen-bond donors (Lipinski definition) is 2. The number of fused-ring (bicyclic) bond motifs is 3. The number of rotatable bonds is 11. The lowest BCUT2D eigenvalue weighted by Gasteiger charge is -2.46. The Morgan fingerprint density at radius 1 is 0.806 bits per heavy atom. The number of benzene rings is 5. The molecular formula is C51H47BClF6NO6Si. The summed E-state index contributed by atoms with van der Waals surface area (Å²) in [6.07, 6.45) is -9.18. The van der Waals surface area contributed by atoms with Gasteiger partial charge in [0.25, 0.3) is 8.32 Å². The van der Waals surface area contributed by atoms with Crippen LogP contribution in [0.3, 0.4) is 0 Å². The molecule has 348 valence electrons. The van der Waals surface area contributed by atoms with Crippen LogP contribution in [0.1, 0.15) is 62.3 Å². The average Bonchev–Trinajstić information content (AvgIpc) is 3.53. The maximum atomic E-state index is 14.7. The van der Waals surface area contributed by atoms with Crippen molar-refractivity contribution in [2.75, 3.05) is 11.5 Å². The third kappa shape index (κ3) is 9.53. The molecule has 0 unspecified atom stereocenters. The fourth-order valence-electron chi connectivity index (χ4n) is 10.2. The SMILES string of the molecule is CC(C)(C)[Si](OCC1=C2[C@@H](CC/C(=C/c3ccc(O)cc3Cl)c3ccccc3)OB(O)C[C@@H]2[C@@H]2C(=O)N(c3cc(C(F)(F)F)cc(C(F)(F)F)c3)C(=O)[C@@H]2C1)(c1ccccc1)c1ccccc1. The van der Waals surface area contributed by atoms with E-state index in [2.05, 4.69) is 20.8 Å². The first-order valence-corrected chi connectivity index (χ1v) is 24.2. The normalized spacial score (nSPS) is 20.6. The third-order valence-corrected chi connectivity index (χ3v) is 18.5. The van der Waals surface area contributed by atoms with Crippen molar-refractivity contribution >= 4 is 66.6 Å². The molecule has 67 heavy (non-hydrogen) atoms. The Balaban J connectivity index is 1.25. The number of carbonyl (C=O) groups is 2. The molecule has 0 spiro atoms. The van der Waals surface area contributed by atoms with E-state index in [-0.39, 0.29) is 37.6 Å². The van der Waals surface area contributed by atoms with E-state index in [0.29, 0.717) is 45.2 Å². The molecule has 7 nitrogen and oxygen atoms in total. The number of allylic oxidation sites excluding steroid dienone is 1. The van der Waals surface area contributed by atoms with Crippen molar-refractivity contribution in [2.45, 2.75) is 69.8 Å². The molecule has 1 aliphatic carbocycles. The van der Waals surface area contributed by atoms with Crippen molar-refractivity contribution in [1.82, 2.24) is 0 Å². The van der Waals surface area contributed by atoms with Crippen LogP contribution in [0.5, 0.6) is 5.75 Å². The van der Waals surface area contributed by atoms with E-state index in [0.717, 1.165) is 21.5 Å². The van der Waals surface area contributed by atoms with Gasteiger partial charge in [-0.3, -0.25) is 9.59 Å². The summed E-state index contributed by atoms with van der Waals surface area (Å²) >= 11 is 6.57. The summed E-state index contributed by atoms with van der Waals surface area (Å²) in [5.74, 6) is -5.27. The molecule has 2 heterocycles. The monoisotopic (exact) mass is 957 g/mol. The van der Waals surface area contributed by atoms with Crippen LogP contribution in [-0.4, -0.2) is 50.1 Å². The summed E-state index contributed by atoms with van der Waals surface area (Å²) < 4.78 is 98.6. The van der Waals surface area contributed by atoms with E-state index in [1.807, 2.05) is 97.1 Å². The van der Waals surface area contributed by atoms with Gasteiger partial charge in [0.05, 0.1) is 46.4 Å². The van der Waals surface area contributed by atoms with Gasteiger partial charge in [-0.25, -0.2) is 4.90 Å². The van der Waals surface area contributed by atoms with E-state index >= 15 is 0 Å². The predicted molar refractivity (Wildman–Crippen MR) is 249 cm³/mol. The van der Waals surface area contributed by atoms with E-state index in [4.69, 9.17) is 20.7 Å². The number of alkyl halides is 6. The molecule has 2 saturated heterocycles. The minimum absolute atomic E-state index is 0.0123. The third-order valence-electron chi connectivity index (χ3n) is 13.2. The number of amides is 2. The molecule has 3 aliphatic rings. The Hall–Kier alpha value is -5.45. The highest BCUT2D eigenvalue weighted by molar-refractivity contribution is 6.99. The summed E-state index contributed by atoms with van der Waals surface area (Å²) in [6.45, 7) is 6.22. The second kappa shape index (κ2) is 18.6. The number of anilines is 1. The van der Waals surface area contributed by atoms with E-state index in [1.54, 1.807) is 6.07 Å². The van der Waals surface area contributed by atoms with Gasteiger partial charge in [-0.2, -0.15) is 26.3 Å². The van der Waals surface area contributed by atoms with E-state index in [1.165, 1.54) is 12.1 Å². The van der Waals surface area contributed by atoms with Crippen molar-refractivity contribution in [1.29, 1.82) is 0 Å². The second-order valence-corrected chi connectivity index (χ2v) is 23.0. The molecule has 0 bridgehead atoms. The minimum atomic E-state index is -5.23. The van der Waals surface area contributed by atoms with Crippen LogP contribution < -0.4 is 15.3 Å². The highest BCUT2D eigenvalue weighted by atomic mass is 35.5. The molecule has 2 fully saturated rings. The summed E-state index contributed by atoms with van der Waals surface area (Å²) in [6, 6.07) is 34.4. The van der Waals surface area contributed by atoms with Gasteiger partial charge in [-0.1, -0.05) is 123 Å². The molecule has 2 amide bonds. The summed E-state index contributed by atoms with van der Waals surface area (Å²) in [5.41, 5.74) is -0.679. The van der Waals surface area contributed by atoms with Crippen LogP contribution in [0.15, 0.2) is 139 Å². The Kier molecular flexibility index (Phi) is 13.3. The van der Waals surface area contributed by atoms with Crippen LogP contribution in [0.25, 0.3) is 11.6 Å². The number of phenols is 1. The number of halogens is 7. The van der Waals surface area contributed by atoms with Gasteiger partial charge in [-0.05, 0) is 117 Å². The van der Waals surface area contributed by atoms with Crippen LogP contribution in [-0.2, 0) is 31.0 Å². The Bertz CT molecular complexity index is 2640. The van der Waals surface area contributed by atoms with E-state index in [9.17, 15) is 46.1 Å². The number of aromatic hydroxyl groups is 1. The first kappa shape index (κ1) is 48.0. The van der Waals surface area contributed by atoms with Gasteiger partial charge in [0.1, 0.15) is 5.75 Å². The number of hydrogen-bond acceptors (Lipinski definition) is 6. The van der Waals surface area contributed by atoms with Crippen molar-refractivity contribution in [3.05, 3.63) is 166 Å². The molecule has 0 radical (unpaired) electrons. The molecule has 0 saturated carbocycles. The molecule has 16 heteroatoms. The zero-order chi connectivity index (χ0) is 48.1. The van der Waals surface area contributed by atoms with Crippen molar-refractivity contribution in [3.8, 4) is 5.75 Å². The number of carbonyl (C=O) groups excluding carboxylic acids is 2. The fraction of sp³-hybridized carbons (Fsp3) is 0.294.